The number of benzene rings is 1. The van der Waals surface area contributed by atoms with Crippen molar-refractivity contribution in [2.45, 2.75) is 63.6 Å². The largest absolute Gasteiger partial charge is 0.478 e. The van der Waals surface area contributed by atoms with E-state index in [4.69, 9.17) is 14.4 Å². The summed E-state index contributed by atoms with van der Waals surface area (Å²) in [6, 6.07) is 6.75. The molecule has 2 fully saturated rings. The highest BCUT2D eigenvalue weighted by atomic mass is 19.1. The lowest BCUT2D eigenvalue weighted by Gasteiger charge is -2.29. The number of nitrogens with zero attached hydrogens (tertiary/aromatic N) is 3. The molecule has 9 heteroatoms. The second-order valence-electron chi connectivity index (χ2n) is 9.47. The molecule has 2 aliphatic carbocycles. The van der Waals surface area contributed by atoms with Gasteiger partial charge in [0.15, 0.2) is 5.82 Å². The van der Waals surface area contributed by atoms with E-state index in [0.29, 0.717) is 29.5 Å². The standard InChI is InChI=1S/C27H27F2N3O4/c28-21-5-2-6-22(29)24(21)25-20(26(36-32-25)17-7-8-17)15-35-19(13-16-3-1-4-16)11-12-30-23-10-9-18(14-31-23)27(33)34/h2,5-6,9-10,12,14,16-17,19H,1,3-4,7-8,11,13,15H2,(H,33,34). The molecule has 0 saturated heterocycles. The number of rotatable bonds is 11. The Morgan fingerprint density at radius 3 is 2.58 bits per heavy atom. The van der Waals surface area contributed by atoms with Gasteiger partial charge in [-0.25, -0.2) is 23.6 Å². The third kappa shape index (κ3) is 5.51. The minimum Gasteiger partial charge on any atom is -0.478 e. The van der Waals surface area contributed by atoms with E-state index in [-0.39, 0.29) is 35.4 Å². The molecule has 3 aromatic rings. The molecule has 36 heavy (non-hydrogen) atoms. The SMILES string of the molecule is O=C(O)c1ccc(N=CCC(CC2CCC2)OCc2c(-c3c(F)cccc3F)noc2C2CC2)nc1. The third-order valence-corrected chi connectivity index (χ3v) is 6.84. The predicted molar refractivity (Wildman–Crippen MR) is 128 cm³/mol. The zero-order valence-electron chi connectivity index (χ0n) is 19.7. The van der Waals surface area contributed by atoms with Gasteiger partial charge in [0, 0.05) is 30.3 Å². The van der Waals surface area contributed by atoms with E-state index < -0.39 is 17.6 Å². The maximum absolute atomic E-state index is 14.5. The summed E-state index contributed by atoms with van der Waals surface area (Å²) in [5, 5.41) is 13.1. The lowest BCUT2D eigenvalue weighted by Crippen LogP contribution is -2.22. The van der Waals surface area contributed by atoms with Crippen LogP contribution in [0.3, 0.4) is 0 Å². The molecule has 1 unspecified atom stereocenters. The van der Waals surface area contributed by atoms with Crippen molar-refractivity contribution in [1.29, 1.82) is 0 Å². The Kier molecular flexibility index (Phi) is 7.18. The maximum Gasteiger partial charge on any atom is 0.337 e. The Morgan fingerprint density at radius 2 is 1.97 bits per heavy atom. The molecule has 0 bridgehead atoms. The summed E-state index contributed by atoms with van der Waals surface area (Å²) in [5.41, 5.74) is 0.663. The van der Waals surface area contributed by atoms with Crippen molar-refractivity contribution in [3.63, 3.8) is 0 Å². The lowest BCUT2D eigenvalue weighted by atomic mass is 9.81. The zero-order valence-corrected chi connectivity index (χ0v) is 19.7. The highest BCUT2D eigenvalue weighted by Gasteiger charge is 2.34. The number of carbonyl (C=O) groups is 1. The number of aromatic carboxylic acids is 1. The number of aliphatic imine (C=N–C) groups is 1. The highest BCUT2D eigenvalue weighted by molar-refractivity contribution is 5.87. The molecule has 0 spiro atoms. The average molecular weight is 496 g/mol. The molecule has 2 heterocycles. The van der Waals surface area contributed by atoms with Gasteiger partial charge in [-0.05, 0) is 49.4 Å². The molecule has 0 amide bonds. The van der Waals surface area contributed by atoms with E-state index >= 15 is 0 Å². The number of pyridine rings is 1. The first kappa shape index (κ1) is 24.2. The van der Waals surface area contributed by atoms with Crippen molar-refractivity contribution in [2.75, 3.05) is 0 Å². The van der Waals surface area contributed by atoms with Gasteiger partial charge in [-0.3, -0.25) is 0 Å². The van der Waals surface area contributed by atoms with Crippen LogP contribution in [0, 0.1) is 17.6 Å². The summed E-state index contributed by atoms with van der Waals surface area (Å²) in [6.07, 6.45) is 9.63. The van der Waals surface area contributed by atoms with Crippen molar-refractivity contribution in [2.24, 2.45) is 10.9 Å². The van der Waals surface area contributed by atoms with Gasteiger partial charge < -0.3 is 14.4 Å². The second-order valence-corrected chi connectivity index (χ2v) is 9.47. The normalized spacial score (nSPS) is 16.8. The van der Waals surface area contributed by atoms with Crippen LogP contribution in [0.5, 0.6) is 0 Å². The van der Waals surface area contributed by atoms with Crippen molar-refractivity contribution in [3.05, 3.63) is 65.1 Å². The molecule has 5 rings (SSSR count). The first-order valence-corrected chi connectivity index (χ1v) is 12.3. The topological polar surface area (TPSA) is 97.8 Å². The Morgan fingerprint density at radius 1 is 1.19 bits per heavy atom. The Labute approximate surface area is 207 Å². The van der Waals surface area contributed by atoms with Gasteiger partial charge in [0.2, 0.25) is 0 Å². The molecule has 2 aromatic heterocycles. The smallest absolute Gasteiger partial charge is 0.337 e. The molecular formula is C27H27F2N3O4. The van der Waals surface area contributed by atoms with Gasteiger partial charge in [0.25, 0.3) is 0 Å². The van der Waals surface area contributed by atoms with Gasteiger partial charge in [-0.15, -0.1) is 0 Å². The van der Waals surface area contributed by atoms with Gasteiger partial charge in [-0.2, -0.15) is 0 Å². The summed E-state index contributed by atoms with van der Waals surface area (Å²) in [6.45, 7) is 0.134. The summed E-state index contributed by atoms with van der Waals surface area (Å²) in [7, 11) is 0. The van der Waals surface area contributed by atoms with E-state index in [9.17, 15) is 13.6 Å². The molecule has 2 saturated carbocycles. The average Bonchev–Trinajstić information content (AvgIpc) is 3.60. The summed E-state index contributed by atoms with van der Waals surface area (Å²) in [5.74, 6) is -0.587. The minimum absolute atomic E-state index is 0.0995. The fourth-order valence-corrected chi connectivity index (χ4v) is 4.43. The van der Waals surface area contributed by atoms with Crippen LogP contribution in [-0.2, 0) is 11.3 Å². The lowest BCUT2D eigenvalue weighted by molar-refractivity contribution is 0.0201. The Balaban J connectivity index is 1.32. The van der Waals surface area contributed by atoms with Crippen molar-refractivity contribution >= 4 is 18.0 Å². The van der Waals surface area contributed by atoms with Gasteiger partial charge in [-0.1, -0.05) is 30.5 Å². The van der Waals surface area contributed by atoms with Crippen LogP contribution in [-0.4, -0.2) is 33.5 Å². The molecule has 188 valence electrons. The molecule has 0 radical (unpaired) electrons. The third-order valence-electron chi connectivity index (χ3n) is 6.84. The molecule has 7 nitrogen and oxygen atoms in total. The quantitative estimate of drug-likeness (QED) is 0.307. The van der Waals surface area contributed by atoms with E-state index in [1.165, 1.54) is 36.9 Å². The second kappa shape index (κ2) is 10.7. The van der Waals surface area contributed by atoms with Gasteiger partial charge >= 0.3 is 5.97 Å². The first-order chi connectivity index (χ1) is 17.5. The van der Waals surface area contributed by atoms with Crippen LogP contribution in [0.15, 0.2) is 46.0 Å². The monoisotopic (exact) mass is 495 g/mol. The fourth-order valence-electron chi connectivity index (χ4n) is 4.43. The van der Waals surface area contributed by atoms with Crippen LogP contribution in [0.1, 0.15) is 72.5 Å². The number of hydrogen-bond acceptors (Lipinski definition) is 6. The van der Waals surface area contributed by atoms with E-state index in [0.717, 1.165) is 32.1 Å². The molecular weight excluding hydrogens is 468 g/mol. The Bertz CT molecular complexity index is 1230. The number of halogens is 2. The Hall–Kier alpha value is -3.46. The minimum atomic E-state index is -1.04. The van der Waals surface area contributed by atoms with E-state index in [1.54, 1.807) is 12.3 Å². The number of carboxylic acids is 1. The molecule has 1 aromatic carbocycles. The summed E-state index contributed by atoms with van der Waals surface area (Å²) in [4.78, 5) is 19.4. The van der Waals surface area contributed by atoms with Crippen LogP contribution >= 0.6 is 0 Å². The maximum atomic E-state index is 14.5. The van der Waals surface area contributed by atoms with Crippen LogP contribution in [0.2, 0.25) is 0 Å². The van der Waals surface area contributed by atoms with Gasteiger partial charge in [0.1, 0.15) is 23.1 Å². The van der Waals surface area contributed by atoms with Crippen molar-refractivity contribution in [3.8, 4) is 11.3 Å². The summed E-state index contributed by atoms with van der Waals surface area (Å²) < 4.78 is 41.0. The number of ether oxygens (including phenoxy) is 1. The first-order valence-electron chi connectivity index (χ1n) is 12.3. The number of carboxylic acid groups (broad SMARTS) is 1. The number of aromatic nitrogens is 2. The highest BCUT2D eigenvalue weighted by Crippen LogP contribution is 2.45. The van der Waals surface area contributed by atoms with Crippen molar-refractivity contribution < 1.29 is 27.9 Å². The molecule has 2 aliphatic rings. The zero-order chi connectivity index (χ0) is 25.1. The predicted octanol–water partition coefficient (Wildman–Crippen LogP) is 6.46. The van der Waals surface area contributed by atoms with E-state index in [2.05, 4.69) is 15.1 Å². The van der Waals surface area contributed by atoms with Crippen molar-refractivity contribution in [1.82, 2.24) is 10.1 Å². The molecule has 1 N–H and O–H groups in total. The summed E-state index contributed by atoms with van der Waals surface area (Å²) >= 11 is 0. The van der Waals surface area contributed by atoms with Crippen LogP contribution in [0.4, 0.5) is 14.6 Å². The molecule has 0 aliphatic heterocycles. The number of hydrogen-bond donors (Lipinski definition) is 1. The van der Waals surface area contributed by atoms with E-state index in [1.807, 2.05) is 0 Å². The molecule has 1 atom stereocenters. The van der Waals surface area contributed by atoms with Crippen LogP contribution in [0.25, 0.3) is 11.3 Å². The van der Waals surface area contributed by atoms with Gasteiger partial charge in [0.05, 0.1) is 23.8 Å². The fraction of sp³-hybridized carbons (Fsp3) is 0.407. The van der Waals surface area contributed by atoms with Crippen LogP contribution < -0.4 is 0 Å².